The number of ether oxygens (including phenoxy) is 1. The Bertz CT molecular complexity index is 477. The van der Waals surface area contributed by atoms with Crippen molar-refractivity contribution in [3.05, 3.63) is 34.6 Å². The first-order chi connectivity index (χ1) is 9.10. The summed E-state index contributed by atoms with van der Waals surface area (Å²) >= 11 is 5.88. The quantitative estimate of drug-likeness (QED) is 0.349. The van der Waals surface area contributed by atoms with Crippen LogP contribution in [0.2, 0.25) is 5.02 Å². The molecule has 1 rings (SSSR count). The van der Waals surface area contributed by atoms with Crippen LogP contribution >= 0.6 is 11.6 Å². The topological polar surface area (TPSA) is 47.9 Å². The molecule has 4 nitrogen and oxygen atoms in total. The molecule has 1 aromatic carbocycles. The Hall–Kier alpha value is -1.62. The number of hydrogen-bond donors (Lipinski definition) is 0. The molecule has 0 N–H and O–H groups in total. The number of carbonyl (C=O) groups is 1. The predicted octanol–water partition coefficient (Wildman–Crippen LogP) is 3.17. The van der Waals surface area contributed by atoms with E-state index in [2.05, 4.69) is 9.99 Å². The number of oxime groups is 1. The molecule has 0 radical (unpaired) electrons. The van der Waals surface area contributed by atoms with Crippen LogP contribution in [0.15, 0.2) is 23.4 Å². The number of benzene rings is 1. The summed E-state index contributed by atoms with van der Waals surface area (Å²) in [5.41, 5.74) is 0.190. The largest absolute Gasteiger partial charge is 0.461 e. The molecule has 6 heteroatoms. The molecule has 0 heterocycles. The summed E-state index contributed by atoms with van der Waals surface area (Å²) in [4.78, 5) is 16.5. The van der Waals surface area contributed by atoms with E-state index in [0.29, 0.717) is 0 Å². The van der Waals surface area contributed by atoms with E-state index in [-0.39, 0.29) is 22.9 Å². The second-order valence-electron chi connectivity index (χ2n) is 3.74. The fourth-order valence-corrected chi connectivity index (χ4v) is 1.60. The van der Waals surface area contributed by atoms with Crippen LogP contribution in [0.4, 0.5) is 4.39 Å². The van der Waals surface area contributed by atoms with Crippen LogP contribution in [-0.4, -0.2) is 25.4 Å². The maximum atomic E-state index is 13.0. The van der Waals surface area contributed by atoms with Gasteiger partial charge in [0.05, 0.1) is 11.6 Å². The summed E-state index contributed by atoms with van der Waals surface area (Å²) in [5.74, 6) is -1.14. The van der Waals surface area contributed by atoms with Gasteiger partial charge in [0.2, 0.25) is 0 Å². The maximum absolute atomic E-state index is 13.0. The van der Waals surface area contributed by atoms with E-state index < -0.39 is 11.8 Å². The van der Waals surface area contributed by atoms with E-state index in [1.807, 2.05) is 6.92 Å². The van der Waals surface area contributed by atoms with Crippen molar-refractivity contribution in [1.29, 1.82) is 0 Å². The minimum Gasteiger partial charge on any atom is -0.461 e. The summed E-state index contributed by atoms with van der Waals surface area (Å²) in [6.45, 7) is 2.27. The van der Waals surface area contributed by atoms with E-state index in [4.69, 9.17) is 16.3 Å². The summed E-state index contributed by atoms with van der Waals surface area (Å²) in [5, 5.41) is 3.67. The molecule has 0 saturated heterocycles. The van der Waals surface area contributed by atoms with Crippen molar-refractivity contribution in [2.24, 2.45) is 5.16 Å². The molecule has 0 atom stereocenters. The van der Waals surface area contributed by atoms with E-state index in [9.17, 15) is 9.18 Å². The minimum atomic E-state index is -0.649. The third-order valence-corrected chi connectivity index (χ3v) is 2.61. The average molecular weight is 288 g/mol. The Balaban J connectivity index is 2.94. The van der Waals surface area contributed by atoms with Gasteiger partial charge in [0.25, 0.3) is 0 Å². The van der Waals surface area contributed by atoms with E-state index in [0.717, 1.165) is 18.9 Å². The highest BCUT2D eigenvalue weighted by molar-refractivity contribution is 6.47. The minimum absolute atomic E-state index is 0.0724. The summed E-state index contributed by atoms with van der Waals surface area (Å²) in [6, 6.07) is 3.64. The first-order valence-corrected chi connectivity index (χ1v) is 6.21. The van der Waals surface area contributed by atoms with Crippen LogP contribution < -0.4 is 0 Å². The SMILES string of the molecule is CCCCOC(=O)C(=NOC)c1ccc(F)cc1Cl. The van der Waals surface area contributed by atoms with Gasteiger partial charge in [-0.3, -0.25) is 0 Å². The highest BCUT2D eigenvalue weighted by Gasteiger charge is 2.20. The number of hydrogen-bond acceptors (Lipinski definition) is 4. The van der Waals surface area contributed by atoms with Crippen molar-refractivity contribution in [2.45, 2.75) is 19.8 Å². The van der Waals surface area contributed by atoms with E-state index >= 15 is 0 Å². The fraction of sp³-hybridized carbons (Fsp3) is 0.385. The molecule has 0 saturated carbocycles. The molecular weight excluding hydrogens is 273 g/mol. The van der Waals surface area contributed by atoms with Crippen LogP contribution in [0.1, 0.15) is 25.3 Å². The van der Waals surface area contributed by atoms with Crippen molar-refractivity contribution in [1.82, 2.24) is 0 Å². The monoisotopic (exact) mass is 287 g/mol. The van der Waals surface area contributed by atoms with Gasteiger partial charge >= 0.3 is 5.97 Å². The van der Waals surface area contributed by atoms with Crippen molar-refractivity contribution < 1.29 is 18.8 Å². The van der Waals surface area contributed by atoms with Crippen LogP contribution in [0.25, 0.3) is 0 Å². The fourth-order valence-electron chi connectivity index (χ4n) is 1.35. The number of carbonyl (C=O) groups excluding carboxylic acids is 1. The maximum Gasteiger partial charge on any atom is 0.361 e. The van der Waals surface area contributed by atoms with Gasteiger partial charge in [-0.25, -0.2) is 9.18 Å². The second kappa shape index (κ2) is 7.74. The van der Waals surface area contributed by atoms with Gasteiger partial charge in [-0.2, -0.15) is 0 Å². The zero-order valence-electron chi connectivity index (χ0n) is 10.8. The summed E-state index contributed by atoms with van der Waals surface area (Å²) < 4.78 is 18.0. The lowest BCUT2D eigenvalue weighted by Crippen LogP contribution is -2.20. The summed E-state index contributed by atoms with van der Waals surface area (Å²) in [7, 11) is 1.30. The Morgan fingerprint density at radius 3 is 2.79 bits per heavy atom. The molecule has 0 bridgehead atoms. The lowest BCUT2D eigenvalue weighted by molar-refractivity contribution is -0.135. The number of rotatable bonds is 6. The first-order valence-electron chi connectivity index (χ1n) is 5.83. The molecular formula is C13H15ClFNO3. The molecule has 0 unspecified atom stereocenters. The average Bonchev–Trinajstić information content (AvgIpc) is 2.37. The molecule has 1 aromatic rings. The molecule has 0 amide bonds. The van der Waals surface area contributed by atoms with Gasteiger partial charge in [-0.1, -0.05) is 30.1 Å². The zero-order chi connectivity index (χ0) is 14.3. The van der Waals surface area contributed by atoms with Gasteiger partial charge in [0, 0.05) is 5.56 Å². The molecule has 104 valence electrons. The van der Waals surface area contributed by atoms with Gasteiger partial charge in [0.15, 0.2) is 5.71 Å². The van der Waals surface area contributed by atoms with Crippen molar-refractivity contribution >= 4 is 23.3 Å². The molecule has 0 aliphatic rings. The normalized spacial score (nSPS) is 11.3. The lowest BCUT2D eigenvalue weighted by atomic mass is 10.1. The Morgan fingerprint density at radius 2 is 2.21 bits per heavy atom. The van der Waals surface area contributed by atoms with Crippen molar-refractivity contribution in [3.63, 3.8) is 0 Å². The molecule has 0 aliphatic carbocycles. The Morgan fingerprint density at radius 1 is 1.47 bits per heavy atom. The predicted molar refractivity (Wildman–Crippen MR) is 70.8 cm³/mol. The molecule has 19 heavy (non-hydrogen) atoms. The third-order valence-electron chi connectivity index (χ3n) is 2.29. The number of nitrogens with zero attached hydrogens (tertiary/aromatic N) is 1. The molecule has 0 fully saturated rings. The highest BCUT2D eigenvalue weighted by Crippen LogP contribution is 2.19. The van der Waals surface area contributed by atoms with E-state index in [1.54, 1.807) is 0 Å². The lowest BCUT2D eigenvalue weighted by Gasteiger charge is -2.08. The van der Waals surface area contributed by atoms with Crippen LogP contribution in [0.5, 0.6) is 0 Å². The number of esters is 1. The van der Waals surface area contributed by atoms with E-state index in [1.165, 1.54) is 19.2 Å². The number of unbranched alkanes of at least 4 members (excludes halogenated alkanes) is 1. The highest BCUT2D eigenvalue weighted by atomic mass is 35.5. The summed E-state index contributed by atoms with van der Waals surface area (Å²) in [6.07, 6.45) is 1.66. The zero-order valence-corrected chi connectivity index (χ0v) is 11.5. The second-order valence-corrected chi connectivity index (χ2v) is 4.14. The van der Waals surface area contributed by atoms with Crippen LogP contribution in [-0.2, 0) is 14.4 Å². The van der Waals surface area contributed by atoms with Crippen molar-refractivity contribution in [2.75, 3.05) is 13.7 Å². The molecule has 0 aromatic heterocycles. The van der Waals surface area contributed by atoms with Gasteiger partial charge in [-0.15, -0.1) is 0 Å². The standard InChI is InChI=1S/C13H15ClFNO3/c1-3-4-7-19-13(17)12(16-18-2)10-6-5-9(15)8-11(10)14/h5-6,8H,3-4,7H2,1-2H3. The molecule has 0 aliphatic heterocycles. The molecule has 0 spiro atoms. The Labute approximate surface area is 116 Å². The smallest absolute Gasteiger partial charge is 0.361 e. The van der Waals surface area contributed by atoms with Crippen molar-refractivity contribution in [3.8, 4) is 0 Å². The number of halogens is 2. The van der Waals surface area contributed by atoms with Crippen LogP contribution in [0, 0.1) is 5.82 Å². The van der Waals surface area contributed by atoms with Crippen LogP contribution in [0.3, 0.4) is 0 Å². The third kappa shape index (κ3) is 4.52. The first kappa shape index (κ1) is 15.4. The Kier molecular flexibility index (Phi) is 6.29. The van der Waals surface area contributed by atoms with Gasteiger partial charge in [-0.05, 0) is 24.6 Å². The van der Waals surface area contributed by atoms with Gasteiger partial charge < -0.3 is 9.57 Å². The van der Waals surface area contributed by atoms with Gasteiger partial charge in [0.1, 0.15) is 12.9 Å².